The van der Waals surface area contributed by atoms with Crippen LogP contribution in [0.5, 0.6) is 5.75 Å². The van der Waals surface area contributed by atoms with E-state index in [0.29, 0.717) is 30.8 Å². The van der Waals surface area contributed by atoms with Crippen molar-refractivity contribution in [2.45, 2.75) is 78.1 Å². The van der Waals surface area contributed by atoms with Crippen LogP contribution in [0.3, 0.4) is 0 Å². The number of hydrogen-bond acceptors (Lipinski definition) is 5. The highest BCUT2D eigenvalue weighted by Crippen LogP contribution is 2.15. The molecule has 0 saturated heterocycles. The molecule has 1 rings (SSSR count). The zero-order chi connectivity index (χ0) is 19.9. The summed E-state index contributed by atoms with van der Waals surface area (Å²) in [5, 5.41) is 0. The molecule has 0 aliphatic rings. The van der Waals surface area contributed by atoms with Gasteiger partial charge < -0.3 is 9.47 Å². The molecule has 0 radical (unpaired) electrons. The van der Waals surface area contributed by atoms with Crippen LogP contribution in [0.15, 0.2) is 24.3 Å². The summed E-state index contributed by atoms with van der Waals surface area (Å²) in [5.41, 5.74) is 0.601. The van der Waals surface area contributed by atoms with Gasteiger partial charge in [0.15, 0.2) is 5.78 Å². The zero-order valence-corrected chi connectivity index (χ0v) is 16.6. The number of ether oxygens (including phenoxy) is 2. The van der Waals surface area contributed by atoms with E-state index in [4.69, 9.17) is 9.47 Å². The van der Waals surface area contributed by atoms with Crippen molar-refractivity contribution < 1.29 is 23.9 Å². The molecule has 0 atom stereocenters. The first-order chi connectivity index (χ1) is 13.0. The third kappa shape index (κ3) is 11.2. The zero-order valence-electron chi connectivity index (χ0n) is 16.6. The largest absolute Gasteiger partial charge is 0.466 e. The van der Waals surface area contributed by atoms with Crippen LogP contribution in [-0.4, -0.2) is 24.3 Å². The minimum absolute atomic E-state index is 0.0127. The molecule has 0 unspecified atom stereocenters. The number of ketones is 1. The maximum atomic E-state index is 11.8. The Balaban J connectivity index is 2.00. The van der Waals surface area contributed by atoms with Gasteiger partial charge in [0.05, 0.1) is 6.61 Å². The molecule has 27 heavy (non-hydrogen) atoms. The number of carbonyl (C=O) groups is 3. The third-order valence-corrected chi connectivity index (χ3v) is 4.27. The van der Waals surface area contributed by atoms with Crippen molar-refractivity contribution in [1.82, 2.24) is 0 Å². The monoisotopic (exact) mass is 376 g/mol. The number of carbonyl (C=O) groups excluding carboxylic acids is 3. The van der Waals surface area contributed by atoms with Gasteiger partial charge in [0.1, 0.15) is 5.75 Å². The van der Waals surface area contributed by atoms with Gasteiger partial charge in [-0.3, -0.25) is 14.4 Å². The Morgan fingerprint density at radius 3 is 1.89 bits per heavy atom. The van der Waals surface area contributed by atoms with Gasteiger partial charge in [0, 0.05) is 18.4 Å². The summed E-state index contributed by atoms with van der Waals surface area (Å²) in [6, 6.07) is 6.60. The molecule has 0 saturated carbocycles. The lowest BCUT2D eigenvalue weighted by Gasteiger charge is -2.05. The minimum atomic E-state index is -0.250. The molecule has 0 fully saturated rings. The van der Waals surface area contributed by atoms with Gasteiger partial charge in [-0.05, 0) is 50.5 Å². The number of hydrogen-bond donors (Lipinski definition) is 0. The van der Waals surface area contributed by atoms with Gasteiger partial charge in [-0.1, -0.05) is 39.0 Å². The normalized spacial score (nSPS) is 10.4. The van der Waals surface area contributed by atoms with Crippen LogP contribution < -0.4 is 4.74 Å². The van der Waals surface area contributed by atoms with E-state index in [1.165, 1.54) is 6.92 Å². The van der Waals surface area contributed by atoms with E-state index in [1.54, 1.807) is 24.3 Å². The highest BCUT2D eigenvalue weighted by atomic mass is 16.5. The smallest absolute Gasteiger partial charge is 0.311 e. The standard InChI is InChI=1S/C22H32O5/c1-3-4-17-26-21(24)11-9-7-5-6-8-10-12-22(25)27-20-15-13-19(14-16-20)18(2)23/h13-16H,3-12,17H2,1-2H3. The Bertz CT molecular complexity index is 577. The average molecular weight is 376 g/mol. The Kier molecular flexibility index (Phi) is 11.8. The molecule has 0 aromatic heterocycles. The number of Topliss-reactive ketones (excluding diaryl/α,β-unsaturated/α-hetero) is 1. The fourth-order valence-electron chi connectivity index (χ4n) is 2.59. The van der Waals surface area contributed by atoms with E-state index < -0.39 is 0 Å². The molecular formula is C22H32O5. The summed E-state index contributed by atoms with van der Waals surface area (Å²) in [7, 11) is 0. The Morgan fingerprint density at radius 1 is 0.778 bits per heavy atom. The summed E-state index contributed by atoms with van der Waals surface area (Å²) in [5.74, 6) is 0.111. The molecule has 0 aliphatic carbocycles. The third-order valence-electron chi connectivity index (χ3n) is 4.27. The second-order valence-corrected chi connectivity index (χ2v) is 6.75. The van der Waals surface area contributed by atoms with Gasteiger partial charge >= 0.3 is 11.9 Å². The molecule has 0 aliphatic heterocycles. The van der Waals surface area contributed by atoms with Crippen LogP contribution in [0, 0.1) is 0 Å². The van der Waals surface area contributed by atoms with E-state index in [9.17, 15) is 14.4 Å². The van der Waals surface area contributed by atoms with Gasteiger partial charge in [-0.2, -0.15) is 0 Å². The molecular weight excluding hydrogens is 344 g/mol. The molecule has 1 aromatic rings. The first-order valence-corrected chi connectivity index (χ1v) is 10.00. The van der Waals surface area contributed by atoms with Crippen LogP contribution in [0.25, 0.3) is 0 Å². The number of unbranched alkanes of at least 4 members (excludes halogenated alkanes) is 6. The maximum Gasteiger partial charge on any atom is 0.311 e. The lowest BCUT2D eigenvalue weighted by atomic mass is 10.1. The van der Waals surface area contributed by atoms with E-state index in [1.807, 2.05) is 0 Å². The van der Waals surface area contributed by atoms with E-state index in [-0.39, 0.29) is 17.7 Å². The van der Waals surface area contributed by atoms with Crippen LogP contribution >= 0.6 is 0 Å². The molecule has 0 heterocycles. The Hall–Kier alpha value is -2.17. The second-order valence-electron chi connectivity index (χ2n) is 6.75. The van der Waals surface area contributed by atoms with Crippen LogP contribution in [0.2, 0.25) is 0 Å². The fourth-order valence-corrected chi connectivity index (χ4v) is 2.59. The molecule has 1 aromatic carbocycles. The summed E-state index contributed by atoms with van der Waals surface area (Å²) >= 11 is 0. The summed E-state index contributed by atoms with van der Waals surface area (Å²) < 4.78 is 10.4. The molecule has 0 N–H and O–H groups in total. The minimum Gasteiger partial charge on any atom is -0.466 e. The quantitative estimate of drug-likeness (QED) is 0.192. The van der Waals surface area contributed by atoms with Crippen molar-refractivity contribution in [3.63, 3.8) is 0 Å². The van der Waals surface area contributed by atoms with Gasteiger partial charge in [-0.15, -0.1) is 0 Å². The van der Waals surface area contributed by atoms with Crippen molar-refractivity contribution in [3.05, 3.63) is 29.8 Å². The van der Waals surface area contributed by atoms with Crippen LogP contribution in [-0.2, 0) is 14.3 Å². The molecule has 0 amide bonds. The first-order valence-electron chi connectivity index (χ1n) is 10.00. The first kappa shape index (κ1) is 22.9. The predicted octanol–water partition coefficient (Wildman–Crippen LogP) is 5.26. The lowest BCUT2D eigenvalue weighted by Crippen LogP contribution is -2.07. The highest BCUT2D eigenvalue weighted by molar-refractivity contribution is 5.94. The molecule has 5 heteroatoms. The van der Waals surface area contributed by atoms with Crippen LogP contribution in [0.1, 0.15) is 88.4 Å². The maximum absolute atomic E-state index is 11.8. The van der Waals surface area contributed by atoms with Crippen molar-refractivity contribution >= 4 is 17.7 Å². The molecule has 0 bridgehead atoms. The Labute approximate surface area is 162 Å². The van der Waals surface area contributed by atoms with E-state index in [0.717, 1.165) is 51.4 Å². The van der Waals surface area contributed by atoms with Gasteiger partial charge in [-0.25, -0.2) is 0 Å². The van der Waals surface area contributed by atoms with Crippen LogP contribution in [0.4, 0.5) is 0 Å². The van der Waals surface area contributed by atoms with Crippen molar-refractivity contribution in [3.8, 4) is 5.75 Å². The Morgan fingerprint density at radius 2 is 1.33 bits per heavy atom. The van der Waals surface area contributed by atoms with Crippen molar-refractivity contribution in [1.29, 1.82) is 0 Å². The highest BCUT2D eigenvalue weighted by Gasteiger charge is 2.06. The molecule has 150 valence electrons. The van der Waals surface area contributed by atoms with E-state index >= 15 is 0 Å². The average Bonchev–Trinajstić information content (AvgIpc) is 2.64. The summed E-state index contributed by atoms with van der Waals surface area (Å²) in [6.07, 6.45) is 8.60. The second kappa shape index (κ2) is 14.0. The topological polar surface area (TPSA) is 69.7 Å². The van der Waals surface area contributed by atoms with Gasteiger partial charge in [0.25, 0.3) is 0 Å². The number of rotatable bonds is 14. The van der Waals surface area contributed by atoms with Gasteiger partial charge in [0.2, 0.25) is 0 Å². The SMILES string of the molecule is CCCCOC(=O)CCCCCCCCC(=O)Oc1ccc(C(C)=O)cc1. The van der Waals surface area contributed by atoms with Crippen molar-refractivity contribution in [2.24, 2.45) is 0 Å². The summed E-state index contributed by atoms with van der Waals surface area (Å²) in [6.45, 7) is 4.10. The fraction of sp³-hybridized carbons (Fsp3) is 0.591. The summed E-state index contributed by atoms with van der Waals surface area (Å²) in [4.78, 5) is 34.5. The number of esters is 2. The number of benzene rings is 1. The van der Waals surface area contributed by atoms with Crippen molar-refractivity contribution in [2.75, 3.05) is 6.61 Å². The molecule has 0 spiro atoms. The van der Waals surface area contributed by atoms with E-state index in [2.05, 4.69) is 6.92 Å². The molecule has 5 nitrogen and oxygen atoms in total. The predicted molar refractivity (Wildman–Crippen MR) is 105 cm³/mol. The lowest BCUT2D eigenvalue weighted by molar-refractivity contribution is -0.144.